The van der Waals surface area contributed by atoms with Crippen LogP contribution in [0.5, 0.6) is 17.2 Å². The van der Waals surface area contributed by atoms with Gasteiger partial charge >= 0.3 is 0 Å². The summed E-state index contributed by atoms with van der Waals surface area (Å²) in [5, 5.41) is 2.57. The van der Waals surface area contributed by atoms with Gasteiger partial charge in [-0.25, -0.2) is 4.39 Å². The zero-order valence-electron chi connectivity index (χ0n) is 13.3. The van der Waals surface area contributed by atoms with E-state index in [-0.39, 0.29) is 12.5 Å². The van der Waals surface area contributed by atoms with Gasteiger partial charge in [0.05, 0.1) is 0 Å². The van der Waals surface area contributed by atoms with Gasteiger partial charge in [-0.1, -0.05) is 30.3 Å². The smallest absolute Gasteiger partial charge is 0.262 e. The molecule has 0 saturated heterocycles. The summed E-state index contributed by atoms with van der Waals surface area (Å²) in [4.78, 5) is 11.9. The molecule has 0 unspecified atom stereocenters. The number of carbonyl (C=O) groups excluding carboxylic acids is 1. The maximum atomic E-state index is 13.1. The average molecular weight is 337 g/mol. The average Bonchev–Trinajstić information content (AvgIpc) is 2.61. The maximum Gasteiger partial charge on any atom is 0.262 e. The Balaban J connectivity index is 1.56. The summed E-state index contributed by atoms with van der Waals surface area (Å²) in [6, 6.07) is 22.0. The fourth-order valence-corrected chi connectivity index (χ4v) is 2.16. The highest BCUT2D eigenvalue weighted by atomic mass is 19.1. The molecule has 3 aromatic carbocycles. The summed E-state index contributed by atoms with van der Waals surface area (Å²) in [5.74, 6) is 1.03. The molecule has 126 valence electrons. The highest BCUT2D eigenvalue weighted by Crippen LogP contribution is 2.25. The molecule has 0 atom stereocenters. The molecule has 0 aliphatic heterocycles. The number of halogens is 1. The molecule has 0 aromatic heterocycles. The van der Waals surface area contributed by atoms with Crippen LogP contribution in [0, 0.1) is 5.82 Å². The number of rotatable bonds is 6. The maximum absolute atomic E-state index is 13.1. The van der Waals surface area contributed by atoms with Crippen molar-refractivity contribution < 1.29 is 18.7 Å². The fourth-order valence-electron chi connectivity index (χ4n) is 2.16. The second-order valence-corrected chi connectivity index (χ2v) is 5.24. The Kier molecular flexibility index (Phi) is 5.26. The first-order chi connectivity index (χ1) is 12.2. The molecule has 3 rings (SSSR count). The van der Waals surface area contributed by atoms with Gasteiger partial charge in [-0.05, 0) is 42.5 Å². The van der Waals surface area contributed by atoms with Crippen LogP contribution in [0.4, 0.5) is 10.1 Å². The highest BCUT2D eigenvalue weighted by molar-refractivity contribution is 5.91. The van der Waals surface area contributed by atoms with Gasteiger partial charge in [0.15, 0.2) is 6.61 Å². The molecule has 1 amide bonds. The molecular weight excluding hydrogens is 321 g/mol. The molecule has 0 heterocycles. The Morgan fingerprint density at radius 1 is 0.840 bits per heavy atom. The van der Waals surface area contributed by atoms with E-state index in [2.05, 4.69) is 5.32 Å². The molecule has 4 nitrogen and oxygen atoms in total. The molecular formula is C20H16FNO3. The lowest BCUT2D eigenvalue weighted by molar-refractivity contribution is -0.118. The van der Waals surface area contributed by atoms with Crippen molar-refractivity contribution in [2.75, 3.05) is 11.9 Å². The number of nitrogens with one attached hydrogen (secondary N) is 1. The van der Waals surface area contributed by atoms with Crippen LogP contribution in [0.1, 0.15) is 0 Å². The number of para-hydroxylation sites is 1. The number of hydrogen-bond donors (Lipinski definition) is 1. The van der Waals surface area contributed by atoms with Crippen LogP contribution in [0.25, 0.3) is 0 Å². The predicted molar refractivity (Wildman–Crippen MR) is 93.5 cm³/mol. The van der Waals surface area contributed by atoms with Crippen LogP contribution in [0.3, 0.4) is 0 Å². The van der Waals surface area contributed by atoms with E-state index in [9.17, 15) is 9.18 Å². The van der Waals surface area contributed by atoms with Crippen LogP contribution < -0.4 is 14.8 Å². The molecule has 0 aliphatic rings. The SMILES string of the molecule is O=C(COc1cccc(Oc2ccccc2)c1)Nc1cccc(F)c1. The molecule has 1 N–H and O–H groups in total. The molecule has 0 spiro atoms. The van der Waals surface area contributed by atoms with E-state index < -0.39 is 5.82 Å². The Labute approximate surface area is 144 Å². The second kappa shape index (κ2) is 7.97. The number of ether oxygens (including phenoxy) is 2. The summed E-state index contributed by atoms with van der Waals surface area (Å²) in [5.41, 5.74) is 0.384. The predicted octanol–water partition coefficient (Wildman–Crippen LogP) is 4.64. The summed E-state index contributed by atoms with van der Waals surface area (Å²) >= 11 is 0. The highest BCUT2D eigenvalue weighted by Gasteiger charge is 2.06. The quantitative estimate of drug-likeness (QED) is 0.713. The second-order valence-electron chi connectivity index (χ2n) is 5.24. The van der Waals surface area contributed by atoms with Crippen LogP contribution in [0.2, 0.25) is 0 Å². The van der Waals surface area contributed by atoms with Crippen molar-refractivity contribution in [3.63, 3.8) is 0 Å². The lowest BCUT2D eigenvalue weighted by Gasteiger charge is -2.10. The minimum absolute atomic E-state index is 0.189. The topological polar surface area (TPSA) is 47.6 Å². The van der Waals surface area contributed by atoms with E-state index in [1.165, 1.54) is 18.2 Å². The Bertz CT molecular complexity index is 852. The third kappa shape index (κ3) is 5.07. The Hall–Kier alpha value is -3.34. The molecule has 25 heavy (non-hydrogen) atoms. The summed E-state index contributed by atoms with van der Waals surface area (Å²) in [6.07, 6.45) is 0. The monoisotopic (exact) mass is 337 g/mol. The van der Waals surface area contributed by atoms with Crippen molar-refractivity contribution in [3.8, 4) is 17.2 Å². The first-order valence-electron chi connectivity index (χ1n) is 7.70. The van der Waals surface area contributed by atoms with Crippen molar-refractivity contribution in [2.45, 2.75) is 0 Å². The zero-order valence-corrected chi connectivity index (χ0v) is 13.3. The lowest BCUT2D eigenvalue weighted by atomic mass is 10.3. The molecule has 0 fully saturated rings. The molecule has 0 aliphatic carbocycles. The van der Waals surface area contributed by atoms with E-state index in [1.54, 1.807) is 30.3 Å². The number of benzene rings is 3. The van der Waals surface area contributed by atoms with Crippen molar-refractivity contribution in [2.24, 2.45) is 0 Å². The normalized spacial score (nSPS) is 10.1. The van der Waals surface area contributed by atoms with Gasteiger partial charge in [0, 0.05) is 11.8 Å². The number of hydrogen-bond acceptors (Lipinski definition) is 3. The third-order valence-corrected chi connectivity index (χ3v) is 3.26. The first kappa shape index (κ1) is 16.5. The Morgan fingerprint density at radius 2 is 1.56 bits per heavy atom. The Morgan fingerprint density at radius 3 is 2.36 bits per heavy atom. The fraction of sp³-hybridized carbons (Fsp3) is 0.0500. The van der Waals surface area contributed by atoms with Gasteiger partial charge in [-0.2, -0.15) is 0 Å². The minimum atomic E-state index is -0.413. The molecule has 5 heteroatoms. The van der Waals surface area contributed by atoms with Crippen molar-refractivity contribution in [1.29, 1.82) is 0 Å². The summed E-state index contributed by atoms with van der Waals surface area (Å²) < 4.78 is 24.3. The van der Waals surface area contributed by atoms with E-state index in [4.69, 9.17) is 9.47 Å². The van der Waals surface area contributed by atoms with Gasteiger partial charge < -0.3 is 14.8 Å². The van der Waals surface area contributed by atoms with E-state index in [0.717, 1.165) is 0 Å². The van der Waals surface area contributed by atoms with Gasteiger partial charge in [0.2, 0.25) is 0 Å². The van der Waals surface area contributed by atoms with Gasteiger partial charge in [0.25, 0.3) is 5.91 Å². The third-order valence-electron chi connectivity index (χ3n) is 3.26. The van der Waals surface area contributed by atoms with E-state index in [0.29, 0.717) is 22.9 Å². The van der Waals surface area contributed by atoms with Crippen LogP contribution in [-0.2, 0) is 4.79 Å². The number of amides is 1. The first-order valence-corrected chi connectivity index (χ1v) is 7.70. The summed E-state index contributed by atoms with van der Waals surface area (Å²) in [6.45, 7) is -0.189. The van der Waals surface area contributed by atoms with Crippen LogP contribution >= 0.6 is 0 Å². The lowest BCUT2D eigenvalue weighted by Crippen LogP contribution is -2.20. The minimum Gasteiger partial charge on any atom is -0.484 e. The van der Waals surface area contributed by atoms with Crippen molar-refractivity contribution in [1.82, 2.24) is 0 Å². The largest absolute Gasteiger partial charge is 0.484 e. The molecule has 0 saturated carbocycles. The van der Waals surface area contributed by atoms with Gasteiger partial charge in [-0.15, -0.1) is 0 Å². The van der Waals surface area contributed by atoms with Crippen LogP contribution in [-0.4, -0.2) is 12.5 Å². The number of carbonyl (C=O) groups is 1. The zero-order chi connectivity index (χ0) is 17.5. The molecule has 0 bridgehead atoms. The number of anilines is 1. The molecule has 0 radical (unpaired) electrons. The van der Waals surface area contributed by atoms with Gasteiger partial charge in [-0.3, -0.25) is 4.79 Å². The van der Waals surface area contributed by atoms with E-state index >= 15 is 0 Å². The van der Waals surface area contributed by atoms with Crippen molar-refractivity contribution >= 4 is 11.6 Å². The molecule has 3 aromatic rings. The van der Waals surface area contributed by atoms with Crippen LogP contribution in [0.15, 0.2) is 78.9 Å². The van der Waals surface area contributed by atoms with Crippen molar-refractivity contribution in [3.05, 3.63) is 84.7 Å². The standard InChI is InChI=1S/C20H16FNO3/c21-15-6-4-7-16(12-15)22-20(23)14-24-18-10-5-11-19(13-18)25-17-8-2-1-3-9-17/h1-13H,14H2,(H,22,23). The van der Waals surface area contributed by atoms with E-state index in [1.807, 2.05) is 30.3 Å². The summed E-state index contributed by atoms with van der Waals surface area (Å²) in [7, 11) is 0. The van der Waals surface area contributed by atoms with Gasteiger partial charge in [0.1, 0.15) is 23.1 Å².